The maximum Gasteiger partial charge on any atom is 0.231 e. The van der Waals surface area contributed by atoms with E-state index in [-0.39, 0.29) is 18.5 Å². The van der Waals surface area contributed by atoms with E-state index in [0.29, 0.717) is 12.5 Å². The molecule has 1 amide bonds. The standard InChI is InChI=1S/C31H41N5O2/c1-19(2)25-11-10-22(5)28(15-25)38-18-27-24(7)33-30(26-14-20(3)8-9-21(26)4)34-31(27)36-13-12-35(17-29(32)37)23(6)16-36/h8-11,14-15,19,23H,12-13,16-18H2,1-7H3,(H2,32,37)/t23-/m1/s1. The van der Waals surface area contributed by atoms with E-state index in [9.17, 15) is 4.79 Å². The summed E-state index contributed by atoms with van der Waals surface area (Å²) < 4.78 is 6.44. The van der Waals surface area contributed by atoms with Gasteiger partial charge in [0.1, 0.15) is 18.2 Å². The van der Waals surface area contributed by atoms with Crippen LogP contribution < -0.4 is 15.4 Å². The van der Waals surface area contributed by atoms with Gasteiger partial charge in [-0.05, 0) is 69.4 Å². The van der Waals surface area contributed by atoms with E-state index in [4.69, 9.17) is 20.4 Å². The number of carbonyl (C=O) groups excluding carboxylic acids is 1. The van der Waals surface area contributed by atoms with Crippen LogP contribution in [0.2, 0.25) is 0 Å². The van der Waals surface area contributed by atoms with Crippen molar-refractivity contribution >= 4 is 11.7 Å². The Balaban J connectivity index is 1.72. The van der Waals surface area contributed by atoms with Crippen molar-refractivity contribution in [2.45, 2.75) is 67.0 Å². The van der Waals surface area contributed by atoms with Crippen LogP contribution in [0.4, 0.5) is 5.82 Å². The Morgan fingerprint density at radius 2 is 1.79 bits per heavy atom. The number of hydrogen-bond acceptors (Lipinski definition) is 6. The first-order valence-electron chi connectivity index (χ1n) is 13.5. The number of aryl methyl sites for hydroxylation is 4. The van der Waals surface area contributed by atoms with E-state index in [1.807, 2.05) is 6.92 Å². The van der Waals surface area contributed by atoms with E-state index in [1.165, 1.54) is 11.1 Å². The van der Waals surface area contributed by atoms with Gasteiger partial charge in [0.05, 0.1) is 17.8 Å². The molecule has 4 rings (SSSR count). The Kier molecular flexibility index (Phi) is 8.36. The van der Waals surface area contributed by atoms with Crippen LogP contribution in [0.5, 0.6) is 5.75 Å². The minimum atomic E-state index is -0.298. The summed E-state index contributed by atoms with van der Waals surface area (Å²) in [5.74, 6) is 2.64. The number of hydrogen-bond donors (Lipinski definition) is 1. The summed E-state index contributed by atoms with van der Waals surface area (Å²) >= 11 is 0. The molecule has 7 heteroatoms. The lowest BCUT2D eigenvalue weighted by Gasteiger charge is -2.40. The fraction of sp³-hybridized carbons (Fsp3) is 0.452. The van der Waals surface area contributed by atoms with E-state index in [1.54, 1.807) is 0 Å². The molecule has 0 bridgehead atoms. The Hall–Kier alpha value is -3.45. The van der Waals surface area contributed by atoms with Crippen molar-refractivity contribution in [3.05, 3.63) is 69.9 Å². The number of aromatic nitrogens is 2. The van der Waals surface area contributed by atoms with Crippen molar-refractivity contribution in [3.8, 4) is 17.1 Å². The van der Waals surface area contributed by atoms with E-state index >= 15 is 0 Å². The van der Waals surface area contributed by atoms with Crippen LogP contribution in [-0.2, 0) is 11.4 Å². The molecule has 1 aromatic heterocycles. The fourth-order valence-electron chi connectivity index (χ4n) is 5.01. The van der Waals surface area contributed by atoms with E-state index in [2.05, 4.69) is 87.7 Å². The summed E-state index contributed by atoms with van der Waals surface area (Å²) in [5, 5.41) is 0. The third-order valence-corrected chi connectivity index (χ3v) is 7.50. The van der Waals surface area contributed by atoms with Gasteiger partial charge in [-0.25, -0.2) is 9.97 Å². The zero-order valence-corrected chi connectivity index (χ0v) is 23.8. The largest absolute Gasteiger partial charge is 0.488 e. The highest BCUT2D eigenvalue weighted by Crippen LogP contribution is 2.31. The highest BCUT2D eigenvalue weighted by molar-refractivity contribution is 5.76. The summed E-state index contributed by atoms with van der Waals surface area (Å²) in [6.07, 6.45) is 0. The third-order valence-electron chi connectivity index (χ3n) is 7.50. The predicted octanol–water partition coefficient (Wildman–Crippen LogP) is 5.08. The molecule has 1 aliphatic heterocycles. The number of rotatable bonds is 8. The number of anilines is 1. The molecule has 1 aliphatic rings. The van der Waals surface area contributed by atoms with Gasteiger partial charge in [0.25, 0.3) is 0 Å². The summed E-state index contributed by atoms with van der Waals surface area (Å²) in [6.45, 7) is 17.7. The molecule has 1 saturated heterocycles. The van der Waals surface area contributed by atoms with Gasteiger partial charge < -0.3 is 15.4 Å². The second kappa shape index (κ2) is 11.5. The number of ether oxygens (including phenoxy) is 1. The molecule has 0 aliphatic carbocycles. The average Bonchev–Trinajstić information content (AvgIpc) is 2.86. The van der Waals surface area contributed by atoms with Crippen molar-refractivity contribution < 1.29 is 9.53 Å². The number of piperazine rings is 1. The maximum atomic E-state index is 11.6. The zero-order chi connectivity index (χ0) is 27.6. The van der Waals surface area contributed by atoms with Crippen LogP contribution in [0.15, 0.2) is 36.4 Å². The molecule has 0 unspecified atom stereocenters. The number of nitrogens with zero attached hydrogens (tertiary/aromatic N) is 4. The molecule has 1 fully saturated rings. The van der Waals surface area contributed by atoms with Crippen LogP contribution in [0.3, 0.4) is 0 Å². The quantitative estimate of drug-likeness (QED) is 0.451. The van der Waals surface area contributed by atoms with Gasteiger partial charge in [-0.2, -0.15) is 0 Å². The van der Waals surface area contributed by atoms with Gasteiger partial charge in [0.15, 0.2) is 5.82 Å². The van der Waals surface area contributed by atoms with Crippen molar-refractivity contribution in [2.75, 3.05) is 31.1 Å². The fourth-order valence-corrected chi connectivity index (χ4v) is 5.01. The molecule has 2 aromatic carbocycles. The lowest BCUT2D eigenvalue weighted by Crippen LogP contribution is -2.54. The van der Waals surface area contributed by atoms with Crippen LogP contribution in [0.25, 0.3) is 11.4 Å². The first-order valence-corrected chi connectivity index (χ1v) is 13.5. The maximum absolute atomic E-state index is 11.6. The topological polar surface area (TPSA) is 84.6 Å². The summed E-state index contributed by atoms with van der Waals surface area (Å²) in [7, 11) is 0. The zero-order valence-electron chi connectivity index (χ0n) is 23.8. The minimum absolute atomic E-state index is 0.161. The monoisotopic (exact) mass is 515 g/mol. The molecule has 2 N–H and O–H groups in total. The molecule has 1 atom stereocenters. The normalized spacial score (nSPS) is 16.2. The number of primary amides is 1. The highest BCUT2D eigenvalue weighted by Gasteiger charge is 2.28. The van der Waals surface area contributed by atoms with Gasteiger partial charge in [-0.1, -0.05) is 43.7 Å². The highest BCUT2D eigenvalue weighted by atomic mass is 16.5. The van der Waals surface area contributed by atoms with Crippen LogP contribution >= 0.6 is 0 Å². The third kappa shape index (κ3) is 6.16. The summed E-state index contributed by atoms with van der Waals surface area (Å²) in [6, 6.07) is 13.0. The summed E-state index contributed by atoms with van der Waals surface area (Å²) in [4.78, 5) is 26.1. The van der Waals surface area contributed by atoms with Crippen LogP contribution in [0, 0.1) is 27.7 Å². The number of benzene rings is 2. The lowest BCUT2D eigenvalue weighted by molar-refractivity contribution is -0.119. The second-order valence-electron chi connectivity index (χ2n) is 11.0. The second-order valence-corrected chi connectivity index (χ2v) is 11.0. The number of carbonyl (C=O) groups is 1. The summed E-state index contributed by atoms with van der Waals surface area (Å²) in [5.41, 5.74) is 13.1. The molecular weight excluding hydrogens is 474 g/mol. The lowest BCUT2D eigenvalue weighted by atomic mass is 10.0. The smallest absolute Gasteiger partial charge is 0.231 e. The Morgan fingerprint density at radius 1 is 1.05 bits per heavy atom. The van der Waals surface area contributed by atoms with E-state index < -0.39 is 0 Å². The molecule has 202 valence electrons. The molecule has 38 heavy (non-hydrogen) atoms. The van der Waals surface area contributed by atoms with Crippen molar-refractivity contribution in [3.63, 3.8) is 0 Å². The molecule has 0 radical (unpaired) electrons. The SMILES string of the molecule is Cc1ccc(C)c(-c2nc(C)c(COc3cc(C(C)C)ccc3C)c(N3CCN(CC(N)=O)[C@H](C)C3)n2)c1. The van der Waals surface area contributed by atoms with Gasteiger partial charge in [0.2, 0.25) is 5.91 Å². The number of amides is 1. The molecule has 3 aromatic rings. The van der Waals surface area contributed by atoms with Crippen LogP contribution in [-0.4, -0.2) is 53.0 Å². The first-order chi connectivity index (χ1) is 18.0. The van der Waals surface area contributed by atoms with Gasteiger partial charge in [-0.15, -0.1) is 0 Å². The van der Waals surface area contributed by atoms with E-state index in [0.717, 1.165) is 65.0 Å². The Morgan fingerprint density at radius 3 is 2.47 bits per heavy atom. The first kappa shape index (κ1) is 27.6. The predicted molar refractivity (Wildman–Crippen MR) is 154 cm³/mol. The van der Waals surface area contributed by atoms with Gasteiger partial charge in [0, 0.05) is 31.2 Å². The number of nitrogens with two attached hydrogens (primary N) is 1. The molecule has 0 spiro atoms. The molecule has 2 heterocycles. The van der Waals surface area contributed by atoms with Crippen molar-refractivity contribution in [1.82, 2.24) is 14.9 Å². The van der Waals surface area contributed by atoms with Gasteiger partial charge in [-0.3, -0.25) is 9.69 Å². The Bertz CT molecular complexity index is 1320. The van der Waals surface area contributed by atoms with Gasteiger partial charge >= 0.3 is 0 Å². The minimum Gasteiger partial charge on any atom is -0.488 e. The van der Waals surface area contributed by atoms with Crippen molar-refractivity contribution in [2.24, 2.45) is 5.73 Å². The molecular formula is C31H41N5O2. The van der Waals surface area contributed by atoms with Crippen molar-refractivity contribution in [1.29, 1.82) is 0 Å². The molecule has 0 saturated carbocycles. The molecule has 7 nitrogen and oxygen atoms in total. The van der Waals surface area contributed by atoms with Crippen LogP contribution in [0.1, 0.15) is 60.2 Å². The Labute approximate surface area is 227 Å². The average molecular weight is 516 g/mol.